The second-order valence-corrected chi connectivity index (χ2v) is 6.51. The number of rotatable bonds is 6. The number of nitrogens with zero attached hydrogens (tertiary/aromatic N) is 2. The van der Waals surface area contributed by atoms with Crippen LogP contribution in [0.5, 0.6) is 5.75 Å². The molecule has 0 N–H and O–H groups in total. The van der Waals surface area contributed by atoms with Gasteiger partial charge in [0.05, 0.1) is 6.54 Å². The minimum atomic E-state index is -0.344. The molecule has 0 atom stereocenters. The molecule has 0 spiro atoms. The highest BCUT2D eigenvalue weighted by molar-refractivity contribution is 5.92. The van der Waals surface area contributed by atoms with Gasteiger partial charge in [-0.05, 0) is 35.9 Å². The maximum absolute atomic E-state index is 13.2. The van der Waals surface area contributed by atoms with Crippen LogP contribution in [0.25, 0.3) is 6.08 Å². The molecule has 0 saturated carbocycles. The lowest BCUT2D eigenvalue weighted by Gasteiger charge is -2.21. The Kier molecular flexibility index (Phi) is 6.78. The third kappa shape index (κ3) is 5.67. The van der Waals surface area contributed by atoms with Crippen LogP contribution in [-0.4, -0.2) is 54.4 Å². The van der Waals surface area contributed by atoms with E-state index in [1.54, 1.807) is 28.0 Å². The highest BCUT2D eigenvalue weighted by Crippen LogP contribution is 2.10. The van der Waals surface area contributed by atoms with Gasteiger partial charge in [0, 0.05) is 32.1 Å². The van der Waals surface area contributed by atoms with Crippen LogP contribution in [0.1, 0.15) is 12.0 Å². The Hall–Kier alpha value is -3.15. The van der Waals surface area contributed by atoms with E-state index in [0.717, 1.165) is 5.75 Å². The van der Waals surface area contributed by atoms with Crippen LogP contribution in [0.3, 0.4) is 0 Å². The number of carbonyl (C=O) groups excluding carboxylic acids is 2. The summed E-state index contributed by atoms with van der Waals surface area (Å²) in [5, 5.41) is 0. The molecule has 0 aromatic heterocycles. The molecule has 146 valence electrons. The van der Waals surface area contributed by atoms with Crippen LogP contribution in [0.15, 0.2) is 60.7 Å². The molecule has 1 heterocycles. The summed E-state index contributed by atoms with van der Waals surface area (Å²) in [6.07, 6.45) is 3.29. The first kappa shape index (κ1) is 19.6. The van der Waals surface area contributed by atoms with E-state index < -0.39 is 0 Å². The molecular formula is C22H23FN2O3. The van der Waals surface area contributed by atoms with Crippen molar-refractivity contribution in [1.82, 2.24) is 9.80 Å². The molecule has 1 aliphatic heterocycles. The second kappa shape index (κ2) is 9.69. The summed E-state index contributed by atoms with van der Waals surface area (Å²) >= 11 is 0. The van der Waals surface area contributed by atoms with Crippen molar-refractivity contribution in [2.75, 3.05) is 32.8 Å². The molecule has 1 fully saturated rings. The van der Waals surface area contributed by atoms with Crippen molar-refractivity contribution in [2.24, 2.45) is 0 Å². The van der Waals surface area contributed by atoms with Gasteiger partial charge in [-0.1, -0.05) is 30.3 Å². The third-order valence-electron chi connectivity index (χ3n) is 4.54. The van der Waals surface area contributed by atoms with Crippen LogP contribution in [-0.2, 0) is 9.59 Å². The molecule has 28 heavy (non-hydrogen) atoms. The van der Waals surface area contributed by atoms with Crippen molar-refractivity contribution in [3.05, 3.63) is 72.1 Å². The van der Waals surface area contributed by atoms with E-state index in [1.807, 2.05) is 30.3 Å². The van der Waals surface area contributed by atoms with Crippen molar-refractivity contribution in [2.45, 2.75) is 6.42 Å². The lowest BCUT2D eigenvalue weighted by atomic mass is 10.2. The zero-order valence-electron chi connectivity index (χ0n) is 15.6. The average Bonchev–Trinajstić information content (AvgIpc) is 2.89. The fraction of sp³-hybridized carbons (Fsp3) is 0.273. The summed E-state index contributed by atoms with van der Waals surface area (Å²) in [5.74, 6) is 0.257. The predicted molar refractivity (Wildman–Crippen MR) is 105 cm³/mol. The zero-order valence-corrected chi connectivity index (χ0v) is 15.6. The van der Waals surface area contributed by atoms with E-state index >= 15 is 0 Å². The van der Waals surface area contributed by atoms with Crippen LogP contribution >= 0.6 is 0 Å². The first-order valence-corrected chi connectivity index (χ1v) is 9.30. The molecule has 0 bridgehead atoms. The van der Waals surface area contributed by atoms with Crippen molar-refractivity contribution in [3.63, 3.8) is 0 Å². The molecule has 1 aliphatic rings. The van der Waals surface area contributed by atoms with Gasteiger partial charge >= 0.3 is 0 Å². The molecule has 0 aliphatic carbocycles. The summed E-state index contributed by atoms with van der Waals surface area (Å²) in [5.41, 5.74) is 0.624. The molecule has 6 heteroatoms. The standard InChI is InChI=1S/C22H23FN2O3/c23-19-6-4-5-18(17-19)9-10-21(26)24-12-11-22(27)25(14-13-24)15-16-28-20-7-2-1-3-8-20/h1-10,17H,11-16H2/b10-9+. The van der Waals surface area contributed by atoms with Crippen LogP contribution in [0.2, 0.25) is 0 Å². The SMILES string of the molecule is O=C(/C=C/c1cccc(F)c1)N1CCC(=O)N(CCOc2ccccc2)CC1. The van der Waals surface area contributed by atoms with Crippen molar-refractivity contribution in [3.8, 4) is 5.75 Å². The van der Waals surface area contributed by atoms with Gasteiger partial charge in [0.15, 0.2) is 0 Å². The Morgan fingerprint density at radius 3 is 2.68 bits per heavy atom. The summed E-state index contributed by atoms with van der Waals surface area (Å²) in [6, 6.07) is 15.5. The van der Waals surface area contributed by atoms with Crippen molar-refractivity contribution >= 4 is 17.9 Å². The van der Waals surface area contributed by atoms with Gasteiger partial charge < -0.3 is 14.5 Å². The summed E-state index contributed by atoms with van der Waals surface area (Å²) in [4.78, 5) is 28.1. The fourth-order valence-corrected chi connectivity index (χ4v) is 3.00. The van der Waals surface area contributed by atoms with Crippen LogP contribution < -0.4 is 4.74 Å². The van der Waals surface area contributed by atoms with E-state index in [-0.39, 0.29) is 24.1 Å². The van der Waals surface area contributed by atoms with Gasteiger partial charge in [-0.2, -0.15) is 0 Å². The van der Waals surface area contributed by atoms with Gasteiger partial charge in [-0.25, -0.2) is 4.39 Å². The average molecular weight is 382 g/mol. The van der Waals surface area contributed by atoms with E-state index in [2.05, 4.69) is 0 Å². The Morgan fingerprint density at radius 2 is 1.89 bits per heavy atom. The topological polar surface area (TPSA) is 49.9 Å². The Balaban J connectivity index is 1.50. The largest absolute Gasteiger partial charge is 0.492 e. The number of hydrogen-bond acceptors (Lipinski definition) is 3. The summed E-state index contributed by atoms with van der Waals surface area (Å²) < 4.78 is 18.9. The first-order chi connectivity index (χ1) is 13.6. The maximum Gasteiger partial charge on any atom is 0.246 e. The first-order valence-electron chi connectivity index (χ1n) is 9.30. The molecule has 2 aromatic rings. The summed E-state index contributed by atoms with van der Waals surface area (Å²) in [6.45, 7) is 2.19. The highest BCUT2D eigenvalue weighted by Gasteiger charge is 2.22. The molecule has 2 amide bonds. The normalized spacial score (nSPS) is 15.0. The molecular weight excluding hydrogens is 359 g/mol. The Labute approximate surface area is 164 Å². The third-order valence-corrected chi connectivity index (χ3v) is 4.54. The number of halogens is 1. The minimum Gasteiger partial charge on any atom is -0.492 e. The molecule has 5 nitrogen and oxygen atoms in total. The number of carbonyl (C=O) groups is 2. The lowest BCUT2D eigenvalue weighted by Crippen LogP contribution is -2.37. The number of ether oxygens (including phenoxy) is 1. The highest BCUT2D eigenvalue weighted by atomic mass is 19.1. The van der Waals surface area contributed by atoms with Gasteiger partial charge in [0.1, 0.15) is 18.2 Å². The second-order valence-electron chi connectivity index (χ2n) is 6.51. The monoisotopic (exact) mass is 382 g/mol. The zero-order chi connectivity index (χ0) is 19.8. The minimum absolute atomic E-state index is 0.0149. The molecule has 0 unspecified atom stereocenters. The maximum atomic E-state index is 13.2. The number of hydrogen-bond donors (Lipinski definition) is 0. The van der Waals surface area contributed by atoms with E-state index in [1.165, 1.54) is 18.2 Å². The van der Waals surface area contributed by atoms with Crippen molar-refractivity contribution < 1.29 is 18.7 Å². The van der Waals surface area contributed by atoms with E-state index in [4.69, 9.17) is 4.74 Å². The number of amides is 2. The van der Waals surface area contributed by atoms with Gasteiger partial charge in [0.2, 0.25) is 11.8 Å². The molecule has 0 radical (unpaired) electrons. The number of benzene rings is 2. The Morgan fingerprint density at radius 1 is 1.07 bits per heavy atom. The number of para-hydroxylation sites is 1. The molecule has 2 aromatic carbocycles. The van der Waals surface area contributed by atoms with Crippen molar-refractivity contribution in [1.29, 1.82) is 0 Å². The Bertz CT molecular complexity index is 839. The molecule has 3 rings (SSSR count). The molecule has 1 saturated heterocycles. The van der Waals surface area contributed by atoms with E-state index in [9.17, 15) is 14.0 Å². The fourth-order valence-electron chi connectivity index (χ4n) is 3.00. The van der Waals surface area contributed by atoms with Crippen LogP contribution in [0.4, 0.5) is 4.39 Å². The smallest absolute Gasteiger partial charge is 0.246 e. The van der Waals surface area contributed by atoms with E-state index in [0.29, 0.717) is 38.3 Å². The van der Waals surface area contributed by atoms with Crippen LogP contribution in [0, 0.1) is 5.82 Å². The lowest BCUT2D eigenvalue weighted by molar-refractivity contribution is -0.130. The predicted octanol–water partition coefficient (Wildman–Crippen LogP) is 2.98. The van der Waals surface area contributed by atoms with Gasteiger partial charge in [-0.3, -0.25) is 9.59 Å². The van der Waals surface area contributed by atoms with Gasteiger partial charge in [-0.15, -0.1) is 0 Å². The summed E-state index contributed by atoms with van der Waals surface area (Å²) in [7, 11) is 0. The quantitative estimate of drug-likeness (QED) is 0.722. The van der Waals surface area contributed by atoms with Gasteiger partial charge in [0.25, 0.3) is 0 Å².